The number of carbonyl (C=O) groups is 1. The normalized spacial score (nSPS) is 11.4. The van der Waals surface area contributed by atoms with E-state index in [9.17, 15) is 9.90 Å². The second-order valence-corrected chi connectivity index (χ2v) is 7.57. The van der Waals surface area contributed by atoms with Crippen LogP contribution >= 0.6 is 11.6 Å². The van der Waals surface area contributed by atoms with E-state index in [0.29, 0.717) is 44.8 Å². The number of hydrogen-bond acceptors (Lipinski definition) is 6. The number of aromatic nitrogens is 1. The minimum atomic E-state index is -1.17. The third kappa shape index (κ3) is 5.54. The summed E-state index contributed by atoms with van der Waals surface area (Å²) in [4.78, 5) is 18.6. The predicted molar refractivity (Wildman–Crippen MR) is 126 cm³/mol. The van der Waals surface area contributed by atoms with Gasteiger partial charge in [-0.05, 0) is 42.5 Å². The number of rotatable bonds is 7. The van der Waals surface area contributed by atoms with Crippen molar-refractivity contribution in [1.82, 2.24) is 9.88 Å². The molecule has 0 saturated carbocycles. The molecule has 1 unspecified atom stereocenters. The highest BCUT2D eigenvalue weighted by Gasteiger charge is 2.17. The number of ether oxygens (including phenoxy) is 1. The van der Waals surface area contributed by atoms with E-state index in [0.717, 1.165) is 0 Å². The zero-order valence-corrected chi connectivity index (χ0v) is 18.6. The number of nitrogens with one attached hydrogen (secondary N) is 3. The molecule has 0 saturated heterocycles. The molecule has 1 amide bonds. The number of anilines is 2. The molecule has 32 heavy (non-hydrogen) atoms. The molecule has 2 aromatic carbocycles. The lowest BCUT2D eigenvalue weighted by atomic mass is 10.1. The van der Waals surface area contributed by atoms with Crippen molar-refractivity contribution in [3.05, 3.63) is 82.5 Å². The first-order valence-electron chi connectivity index (χ1n) is 9.70. The minimum Gasteiger partial charge on any atom is -0.497 e. The number of hydrogen-bond donors (Lipinski definition) is 4. The molecule has 9 heteroatoms. The van der Waals surface area contributed by atoms with Crippen molar-refractivity contribution in [2.45, 2.75) is 6.23 Å². The number of aliphatic hydroxyl groups is 1. The van der Waals surface area contributed by atoms with Crippen LogP contribution < -0.4 is 15.4 Å². The molecule has 3 aromatic rings. The lowest BCUT2D eigenvalue weighted by Crippen LogP contribution is -2.22. The maximum Gasteiger partial charge on any atom is 0.255 e. The van der Waals surface area contributed by atoms with Gasteiger partial charge in [-0.2, -0.15) is 0 Å². The predicted octanol–water partition coefficient (Wildman–Crippen LogP) is 3.99. The highest BCUT2D eigenvalue weighted by Crippen LogP contribution is 2.29. The lowest BCUT2D eigenvalue weighted by molar-refractivity contribution is 0.102. The number of amidine groups is 1. The Labute approximate surface area is 191 Å². The molecule has 1 heterocycles. The second kappa shape index (κ2) is 10.1. The van der Waals surface area contributed by atoms with Crippen LogP contribution in [0.3, 0.4) is 0 Å². The van der Waals surface area contributed by atoms with Crippen molar-refractivity contribution in [1.29, 1.82) is 5.41 Å². The van der Waals surface area contributed by atoms with Crippen molar-refractivity contribution in [2.24, 2.45) is 0 Å². The number of benzene rings is 2. The average molecular weight is 454 g/mol. The Hall–Kier alpha value is -3.62. The van der Waals surface area contributed by atoms with E-state index in [2.05, 4.69) is 15.6 Å². The fraction of sp³-hybridized carbons (Fsp3) is 0.174. The minimum absolute atomic E-state index is 0.347. The highest BCUT2D eigenvalue weighted by molar-refractivity contribution is 6.30. The van der Waals surface area contributed by atoms with Crippen molar-refractivity contribution >= 4 is 34.8 Å². The Morgan fingerprint density at radius 2 is 1.81 bits per heavy atom. The van der Waals surface area contributed by atoms with Crippen LogP contribution in [0.15, 0.2) is 60.8 Å². The fourth-order valence-electron chi connectivity index (χ4n) is 2.92. The summed E-state index contributed by atoms with van der Waals surface area (Å²) in [5, 5.41) is 25.0. The number of amides is 1. The third-order valence-corrected chi connectivity index (χ3v) is 4.90. The second-order valence-electron chi connectivity index (χ2n) is 7.14. The zero-order valence-electron chi connectivity index (χ0n) is 17.9. The summed E-state index contributed by atoms with van der Waals surface area (Å²) in [6, 6.07) is 15.0. The van der Waals surface area contributed by atoms with Gasteiger partial charge in [-0.3, -0.25) is 10.2 Å². The first-order chi connectivity index (χ1) is 15.3. The smallest absolute Gasteiger partial charge is 0.255 e. The van der Waals surface area contributed by atoms with Gasteiger partial charge in [0.15, 0.2) is 6.23 Å². The number of aliphatic hydroxyl groups excluding tert-OH is 1. The zero-order chi connectivity index (χ0) is 23.3. The maximum absolute atomic E-state index is 12.8. The molecule has 0 fully saturated rings. The van der Waals surface area contributed by atoms with Gasteiger partial charge in [0.2, 0.25) is 0 Å². The largest absolute Gasteiger partial charge is 0.497 e. The Bertz CT molecular complexity index is 1100. The fourth-order valence-corrected chi connectivity index (χ4v) is 3.03. The Balaban J connectivity index is 1.81. The van der Waals surface area contributed by atoms with E-state index in [1.54, 1.807) is 73.6 Å². The molecule has 3 rings (SSSR count). The van der Waals surface area contributed by atoms with Gasteiger partial charge in [0.1, 0.15) is 17.4 Å². The molecule has 0 aliphatic rings. The molecule has 8 nitrogen and oxygen atoms in total. The van der Waals surface area contributed by atoms with Crippen LogP contribution in [0.5, 0.6) is 5.75 Å². The summed E-state index contributed by atoms with van der Waals surface area (Å²) >= 11 is 5.86. The summed E-state index contributed by atoms with van der Waals surface area (Å²) in [7, 11) is 5.09. The number of carbonyl (C=O) groups excluding carboxylic acids is 1. The van der Waals surface area contributed by atoms with E-state index in [1.807, 2.05) is 0 Å². The topological polar surface area (TPSA) is 111 Å². The number of methoxy groups -OCH3 is 1. The van der Waals surface area contributed by atoms with Gasteiger partial charge in [0.05, 0.1) is 12.1 Å². The lowest BCUT2D eigenvalue weighted by Gasteiger charge is -2.19. The van der Waals surface area contributed by atoms with Crippen LogP contribution in [0.25, 0.3) is 0 Å². The van der Waals surface area contributed by atoms with Crippen LogP contribution in [0.4, 0.5) is 11.5 Å². The van der Waals surface area contributed by atoms with Crippen molar-refractivity contribution < 1.29 is 14.6 Å². The van der Waals surface area contributed by atoms with Gasteiger partial charge in [-0.1, -0.05) is 23.7 Å². The van der Waals surface area contributed by atoms with Gasteiger partial charge >= 0.3 is 0 Å². The Morgan fingerprint density at radius 3 is 2.41 bits per heavy atom. The van der Waals surface area contributed by atoms with E-state index in [-0.39, 0.29) is 5.91 Å². The quantitative estimate of drug-likeness (QED) is 0.244. The summed E-state index contributed by atoms with van der Waals surface area (Å²) in [6.45, 7) is 0. The summed E-state index contributed by atoms with van der Waals surface area (Å²) < 4.78 is 5.26. The van der Waals surface area contributed by atoms with Crippen molar-refractivity contribution in [3.8, 4) is 5.75 Å². The summed E-state index contributed by atoms with van der Waals surface area (Å²) in [5.41, 5.74) is 1.94. The molecule has 166 valence electrons. The Morgan fingerprint density at radius 1 is 1.12 bits per heavy atom. The molecular weight excluding hydrogens is 430 g/mol. The molecule has 0 bridgehead atoms. The summed E-state index contributed by atoms with van der Waals surface area (Å²) in [5.74, 6) is 0.936. The van der Waals surface area contributed by atoms with Crippen LogP contribution in [0.1, 0.15) is 27.7 Å². The van der Waals surface area contributed by atoms with E-state index >= 15 is 0 Å². The average Bonchev–Trinajstić information content (AvgIpc) is 2.80. The molecule has 0 aliphatic carbocycles. The molecule has 1 aromatic heterocycles. The molecule has 0 spiro atoms. The highest BCUT2D eigenvalue weighted by atomic mass is 35.5. The van der Waals surface area contributed by atoms with Gasteiger partial charge in [0, 0.05) is 42.7 Å². The van der Waals surface area contributed by atoms with E-state index in [1.165, 1.54) is 13.3 Å². The SMILES string of the molecule is COc1ccc(NC(=O)c2ccc(C(=N)N(C)C)cc2)c(C(O)Nc2ccc(Cl)cn2)c1. The van der Waals surface area contributed by atoms with E-state index in [4.69, 9.17) is 21.7 Å². The molecular formula is C23H24ClN5O3. The van der Waals surface area contributed by atoms with Crippen LogP contribution in [0, 0.1) is 5.41 Å². The number of pyridine rings is 1. The Kier molecular flexibility index (Phi) is 7.29. The summed E-state index contributed by atoms with van der Waals surface area (Å²) in [6.07, 6.45) is 0.293. The monoisotopic (exact) mass is 453 g/mol. The van der Waals surface area contributed by atoms with Crippen LogP contribution in [-0.2, 0) is 0 Å². The van der Waals surface area contributed by atoms with Gasteiger partial charge in [0.25, 0.3) is 5.91 Å². The van der Waals surface area contributed by atoms with Crippen LogP contribution in [-0.4, -0.2) is 47.9 Å². The van der Waals surface area contributed by atoms with E-state index < -0.39 is 6.23 Å². The molecule has 4 N–H and O–H groups in total. The number of halogens is 1. The molecule has 0 aliphatic heterocycles. The molecule has 0 radical (unpaired) electrons. The first-order valence-corrected chi connectivity index (χ1v) is 10.1. The number of nitrogens with zero attached hydrogens (tertiary/aromatic N) is 2. The standard InChI is InChI=1S/C23H24ClN5O3/c1-29(2)21(25)14-4-6-15(7-5-14)22(30)27-19-10-9-17(32-3)12-18(19)23(31)28-20-11-8-16(24)13-26-20/h4-13,23,25,31H,1-3H3,(H,26,28)(H,27,30). The van der Waals surface area contributed by atoms with Crippen LogP contribution in [0.2, 0.25) is 5.02 Å². The van der Waals surface area contributed by atoms with Crippen molar-refractivity contribution in [3.63, 3.8) is 0 Å². The van der Waals surface area contributed by atoms with Gasteiger partial charge < -0.3 is 25.4 Å². The molecule has 1 atom stereocenters. The maximum atomic E-state index is 12.8. The third-order valence-electron chi connectivity index (χ3n) is 4.68. The van der Waals surface area contributed by atoms with Gasteiger partial charge in [-0.25, -0.2) is 4.98 Å². The van der Waals surface area contributed by atoms with Gasteiger partial charge in [-0.15, -0.1) is 0 Å². The first kappa shape index (κ1) is 23.1. The van der Waals surface area contributed by atoms with Crippen molar-refractivity contribution in [2.75, 3.05) is 31.8 Å².